The van der Waals surface area contributed by atoms with Crippen molar-refractivity contribution in [2.24, 2.45) is 0 Å². The second-order valence-electron chi connectivity index (χ2n) is 7.24. The Balaban J connectivity index is 2.04. The van der Waals surface area contributed by atoms with Gasteiger partial charge in [-0.1, -0.05) is 19.4 Å². The molecule has 31 heavy (non-hydrogen) atoms. The van der Waals surface area contributed by atoms with Crippen molar-refractivity contribution < 1.29 is 23.4 Å². The summed E-state index contributed by atoms with van der Waals surface area (Å²) in [6, 6.07) is 9.58. The van der Waals surface area contributed by atoms with E-state index in [-0.39, 0.29) is 5.91 Å². The number of hydrogen-bond acceptors (Lipinski definition) is 5. The third-order valence-electron chi connectivity index (χ3n) is 5.19. The van der Waals surface area contributed by atoms with Gasteiger partial charge in [-0.25, -0.2) is 0 Å². The predicted molar refractivity (Wildman–Crippen MR) is 123 cm³/mol. The Bertz CT molecular complexity index is 1100. The Hall–Kier alpha value is -3.41. The van der Waals surface area contributed by atoms with Crippen molar-refractivity contribution in [1.82, 2.24) is 5.32 Å². The first-order chi connectivity index (χ1) is 15.0. The molecular formula is C25H29NO5. The highest BCUT2D eigenvalue weighted by Crippen LogP contribution is 2.39. The molecule has 0 spiro atoms. The Morgan fingerprint density at radius 1 is 1.03 bits per heavy atom. The monoisotopic (exact) mass is 423 g/mol. The van der Waals surface area contributed by atoms with Crippen LogP contribution in [0, 0.1) is 0 Å². The summed E-state index contributed by atoms with van der Waals surface area (Å²) in [4.78, 5) is 12.3. The van der Waals surface area contributed by atoms with Gasteiger partial charge in [0.25, 0.3) is 0 Å². The summed E-state index contributed by atoms with van der Waals surface area (Å²) in [5.74, 6) is 1.84. The molecule has 6 nitrogen and oxygen atoms in total. The number of fused-ring (bicyclic) bond motifs is 1. The van der Waals surface area contributed by atoms with Crippen LogP contribution < -0.4 is 19.5 Å². The number of ether oxygens (including phenoxy) is 3. The van der Waals surface area contributed by atoms with E-state index >= 15 is 0 Å². The van der Waals surface area contributed by atoms with Gasteiger partial charge in [-0.15, -0.1) is 0 Å². The summed E-state index contributed by atoms with van der Waals surface area (Å²) in [6.45, 7) is 4.66. The summed E-state index contributed by atoms with van der Waals surface area (Å²) in [6.07, 6.45) is 5.31. The number of rotatable bonds is 9. The summed E-state index contributed by atoms with van der Waals surface area (Å²) in [5.41, 5.74) is 4.20. The van der Waals surface area contributed by atoms with Gasteiger partial charge in [0, 0.05) is 35.2 Å². The van der Waals surface area contributed by atoms with Crippen LogP contribution in [0.2, 0.25) is 0 Å². The maximum Gasteiger partial charge on any atom is 0.244 e. The second kappa shape index (κ2) is 10.1. The number of benzene rings is 2. The van der Waals surface area contributed by atoms with Crippen LogP contribution in [0.25, 0.3) is 27.7 Å². The molecule has 6 heteroatoms. The molecule has 164 valence electrons. The minimum atomic E-state index is -0.111. The summed E-state index contributed by atoms with van der Waals surface area (Å²) in [5, 5.41) is 3.83. The summed E-state index contributed by atoms with van der Waals surface area (Å²) in [7, 11) is 4.83. The highest BCUT2D eigenvalue weighted by Gasteiger charge is 2.16. The van der Waals surface area contributed by atoms with E-state index in [4.69, 9.17) is 18.6 Å². The van der Waals surface area contributed by atoms with Crippen LogP contribution in [0.4, 0.5) is 0 Å². The predicted octanol–water partition coefficient (Wildman–Crippen LogP) is 5.45. The van der Waals surface area contributed by atoms with E-state index in [0.717, 1.165) is 40.5 Å². The molecule has 1 amide bonds. The first-order valence-corrected chi connectivity index (χ1v) is 10.3. The van der Waals surface area contributed by atoms with Gasteiger partial charge in [0.15, 0.2) is 11.5 Å². The summed E-state index contributed by atoms with van der Waals surface area (Å²) < 4.78 is 22.2. The van der Waals surface area contributed by atoms with Crippen molar-refractivity contribution in [2.45, 2.75) is 26.7 Å². The molecular weight excluding hydrogens is 394 g/mol. The maximum atomic E-state index is 12.3. The topological polar surface area (TPSA) is 69.9 Å². The fourth-order valence-electron chi connectivity index (χ4n) is 3.47. The first-order valence-electron chi connectivity index (χ1n) is 10.3. The molecule has 0 unspecified atom stereocenters. The van der Waals surface area contributed by atoms with E-state index in [1.54, 1.807) is 33.7 Å². The Kier molecular flexibility index (Phi) is 7.23. The van der Waals surface area contributed by atoms with Gasteiger partial charge in [-0.2, -0.15) is 0 Å². The molecule has 3 aromatic rings. The first kappa shape index (κ1) is 22.3. The zero-order chi connectivity index (χ0) is 22.4. The normalized spacial score (nSPS) is 11.5. The average molecular weight is 424 g/mol. The van der Waals surface area contributed by atoms with Gasteiger partial charge in [0.1, 0.15) is 11.3 Å². The second-order valence-corrected chi connectivity index (χ2v) is 7.24. The molecule has 0 atom stereocenters. The number of hydrogen-bond donors (Lipinski definition) is 1. The molecule has 0 fully saturated rings. The van der Waals surface area contributed by atoms with E-state index < -0.39 is 0 Å². The molecule has 0 radical (unpaired) electrons. The number of allylic oxidation sites excluding steroid dienone is 1. The molecule has 0 saturated carbocycles. The van der Waals surface area contributed by atoms with Gasteiger partial charge in [-0.3, -0.25) is 4.79 Å². The molecule has 0 aliphatic rings. The largest absolute Gasteiger partial charge is 0.496 e. The number of amides is 1. The van der Waals surface area contributed by atoms with Crippen LogP contribution in [0.5, 0.6) is 17.2 Å². The van der Waals surface area contributed by atoms with E-state index in [1.807, 2.05) is 37.3 Å². The van der Waals surface area contributed by atoms with Crippen molar-refractivity contribution in [2.75, 3.05) is 27.9 Å². The number of unbranched alkanes of at least 4 members (excludes halogenated alkanes) is 1. The standard InChI is InChI=1S/C25H29NO5/c1-6-7-10-26-25(27)11-16(2)18-13-19-20(15-31-23(19)14-22(18)29-4)17-8-9-21(28-3)24(12-17)30-5/h8-9,11-15H,6-7,10H2,1-5H3,(H,26,27)/b16-11+. The lowest BCUT2D eigenvalue weighted by molar-refractivity contribution is -0.116. The van der Waals surface area contributed by atoms with Gasteiger partial charge in [-0.05, 0) is 42.7 Å². The molecule has 0 aliphatic carbocycles. The van der Waals surface area contributed by atoms with Crippen LogP contribution in [0.15, 0.2) is 47.1 Å². The van der Waals surface area contributed by atoms with Crippen molar-refractivity contribution >= 4 is 22.4 Å². The Morgan fingerprint density at radius 3 is 2.45 bits per heavy atom. The number of methoxy groups -OCH3 is 3. The van der Waals surface area contributed by atoms with Crippen molar-refractivity contribution in [3.63, 3.8) is 0 Å². The molecule has 1 aromatic heterocycles. The minimum Gasteiger partial charge on any atom is -0.496 e. The fourth-order valence-corrected chi connectivity index (χ4v) is 3.47. The van der Waals surface area contributed by atoms with Gasteiger partial charge >= 0.3 is 0 Å². The van der Waals surface area contributed by atoms with Gasteiger partial charge in [0.05, 0.1) is 27.6 Å². The number of nitrogens with one attached hydrogen (secondary N) is 1. The Labute approximate surface area is 182 Å². The summed E-state index contributed by atoms with van der Waals surface area (Å²) >= 11 is 0. The SMILES string of the molecule is CCCCNC(=O)/C=C(\C)c1cc2c(-c3ccc(OC)c(OC)c3)coc2cc1OC. The molecule has 3 rings (SSSR count). The molecule has 0 saturated heterocycles. The van der Waals surface area contributed by atoms with E-state index in [1.165, 1.54) is 0 Å². The molecule has 1 N–H and O–H groups in total. The highest BCUT2D eigenvalue weighted by atomic mass is 16.5. The van der Waals surface area contributed by atoms with Crippen molar-refractivity contribution in [3.8, 4) is 28.4 Å². The van der Waals surface area contributed by atoms with E-state index in [2.05, 4.69) is 12.2 Å². The molecule has 2 aromatic carbocycles. The van der Waals surface area contributed by atoms with Gasteiger partial charge < -0.3 is 23.9 Å². The quantitative estimate of drug-likeness (QED) is 0.366. The number of carbonyl (C=O) groups is 1. The molecule has 0 bridgehead atoms. The van der Waals surface area contributed by atoms with Crippen LogP contribution in [-0.2, 0) is 4.79 Å². The zero-order valence-corrected chi connectivity index (χ0v) is 18.7. The molecule has 1 heterocycles. The lowest BCUT2D eigenvalue weighted by Crippen LogP contribution is -2.22. The van der Waals surface area contributed by atoms with Crippen LogP contribution in [-0.4, -0.2) is 33.8 Å². The van der Waals surface area contributed by atoms with Gasteiger partial charge in [0.2, 0.25) is 5.91 Å². The molecule has 0 aliphatic heterocycles. The average Bonchev–Trinajstić information content (AvgIpc) is 3.20. The zero-order valence-electron chi connectivity index (χ0n) is 18.7. The van der Waals surface area contributed by atoms with Crippen LogP contribution in [0.1, 0.15) is 32.3 Å². The fraction of sp³-hybridized carbons (Fsp3) is 0.320. The Morgan fingerprint density at radius 2 is 1.77 bits per heavy atom. The van der Waals surface area contributed by atoms with Crippen LogP contribution >= 0.6 is 0 Å². The van der Waals surface area contributed by atoms with Crippen LogP contribution in [0.3, 0.4) is 0 Å². The van der Waals surface area contributed by atoms with E-state index in [0.29, 0.717) is 29.4 Å². The number of furan rings is 1. The third kappa shape index (κ3) is 4.85. The van der Waals surface area contributed by atoms with Crippen molar-refractivity contribution in [3.05, 3.63) is 48.2 Å². The smallest absolute Gasteiger partial charge is 0.244 e. The maximum absolute atomic E-state index is 12.3. The van der Waals surface area contributed by atoms with E-state index in [9.17, 15) is 4.79 Å². The third-order valence-corrected chi connectivity index (χ3v) is 5.19. The lowest BCUT2D eigenvalue weighted by atomic mass is 9.99. The lowest BCUT2D eigenvalue weighted by Gasteiger charge is -2.11. The van der Waals surface area contributed by atoms with Crippen molar-refractivity contribution in [1.29, 1.82) is 0 Å². The number of carbonyl (C=O) groups excluding carboxylic acids is 1. The highest BCUT2D eigenvalue weighted by molar-refractivity contribution is 6.00. The minimum absolute atomic E-state index is 0.111.